The molecule has 1 amide bonds. The van der Waals surface area contributed by atoms with Gasteiger partial charge >= 0.3 is 0 Å². The van der Waals surface area contributed by atoms with Gasteiger partial charge in [0.05, 0.1) is 32.2 Å². The molecule has 9 nitrogen and oxygen atoms in total. The first-order valence-corrected chi connectivity index (χ1v) is 11.4. The number of carbonyl (C=O) groups is 1. The predicted molar refractivity (Wildman–Crippen MR) is 118 cm³/mol. The van der Waals surface area contributed by atoms with Crippen LogP contribution in [0.2, 0.25) is 0 Å². The molecule has 0 radical (unpaired) electrons. The summed E-state index contributed by atoms with van der Waals surface area (Å²) in [5, 5.41) is 2.75. The Bertz CT molecular complexity index is 1030. The third-order valence-electron chi connectivity index (χ3n) is 4.50. The van der Waals surface area contributed by atoms with Crippen molar-refractivity contribution in [1.29, 1.82) is 0 Å². The van der Waals surface area contributed by atoms with Crippen molar-refractivity contribution in [3.63, 3.8) is 0 Å². The van der Waals surface area contributed by atoms with E-state index >= 15 is 0 Å². The van der Waals surface area contributed by atoms with Gasteiger partial charge in [-0.3, -0.25) is 4.79 Å². The highest BCUT2D eigenvalue weighted by molar-refractivity contribution is 7.89. The van der Waals surface area contributed by atoms with Crippen molar-refractivity contribution in [2.24, 2.45) is 0 Å². The number of nitrogens with one attached hydrogen (secondary N) is 2. The van der Waals surface area contributed by atoms with E-state index in [9.17, 15) is 13.2 Å². The second kappa shape index (κ2) is 9.21. The van der Waals surface area contributed by atoms with Crippen molar-refractivity contribution in [2.75, 3.05) is 43.6 Å². The van der Waals surface area contributed by atoms with Crippen molar-refractivity contribution in [2.45, 2.75) is 31.2 Å². The number of hydrogen-bond donors (Lipinski definition) is 2. The van der Waals surface area contributed by atoms with Crippen molar-refractivity contribution in [3.05, 3.63) is 42.1 Å². The molecule has 0 bridgehead atoms. The Balaban J connectivity index is 1.78. The second-order valence-corrected chi connectivity index (χ2v) is 9.83. The third-order valence-corrected chi connectivity index (χ3v) is 6.28. The number of rotatable bonds is 6. The van der Waals surface area contributed by atoms with Crippen LogP contribution >= 0.6 is 0 Å². The molecule has 1 aromatic heterocycles. The van der Waals surface area contributed by atoms with Crippen LogP contribution in [-0.2, 0) is 14.8 Å². The van der Waals surface area contributed by atoms with E-state index in [-0.39, 0.29) is 16.2 Å². The summed E-state index contributed by atoms with van der Waals surface area (Å²) in [7, 11) is -2.51. The number of methoxy groups -OCH3 is 1. The lowest BCUT2D eigenvalue weighted by Gasteiger charge is -2.27. The molecule has 2 heterocycles. The van der Waals surface area contributed by atoms with Gasteiger partial charge in [-0.15, -0.1) is 0 Å². The summed E-state index contributed by atoms with van der Waals surface area (Å²) in [6.45, 7) is 8.07. The van der Waals surface area contributed by atoms with Crippen LogP contribution in [0.3, 0.4) is 0 Å². The number of sulfonamides is 1. The first-order valence-electron chi connectivity index (χ1n) is 9.91. The number of carbonyl (C=O) groups excluding carboxylic acids is 1. The number of anilines is 2. The number of nitrogens with zero attached hydrogens (tertiary/aromatic N) is 2. The van der Waals surface area contributed by atoms with E-state index in [4.69, 9.17) is 9.47 Å². The highest BCUT2D eigenvalue weighted by Gasteiger charge is 2.26. The summed E-state index contributed by atoms with van der Waals surface area (Å²) in [6, 6.07) is 7.87. The van der Waals surface area contributed by atoms with Gasteiger partial charge in [0.15, 0.2) is 0 Å². The van der Waals surface area contributed by atoms with Crippen LogP contribution in [0.25, 0.3) is 0 Å². The summed E-state index contributed by atoms with van der Waals surface area (Å²) >= 11 is 0. The smallest absolute Gasteiger partial charge is 0.255 e. The molecule has 3 rings (SSSR count). The molecular weight excluding hydrogens is 420 g/mol. The van der Waals surface area contributed by atoms with Gasteiger partial charge in [-0.05, 0) is 51.1 Å². The number of ether oxygens (including phenoxy) is 2. The van der Waals surface area contributed by atoms with Gasteiger partial charge < -0.3 is 19.7 Å². The average Bonchev–Trinajstić information content (AvgIpc) is 2.72. The zero-order chi connectivity index (χ0) is 22.6. The number of hydrogen-bond acceptors (Lipinski definition) is 7. The molecule has 1 aromatic carbocycles. The first-order chi connectivity index (χ1) is 14.6. The van der Waals surface area contributed by atoms with Gasteiger partial charge in [-0.25, -0.2) is 18.1 Å². The fourth-order valence-corrected chi connectivity index (χ4v) is 4.74. The third kappa shape index (κ3) is 5.93. The average molecular weight is 449 g/mol. The normalized spacial score (nSPS) is 14.9. The van der Waals surface area contributed by atoms with Crippen molar-refractivity contribution in [3.8, 4) is 5.75 Å². The van der Waals surface area contributed by atoms with Crippen LogP contribution in [0, 0.1) is 0 Å². The monoisotopic (exact) mass is 448 g/mol. The van der Waals surface area contributed by atoms with E-state index in [1.54, 1.807) is 33.0 Å². The van der Waals surface area contributed by atoms with Crippen LogP contribution < -0.4 is 19.7 Å². The molecule has 0 unspecified atom stereocenters. The predicted octanol–water partition coefficient (Wildman–Crippen LogP) is 2.26. The van der Waals surface area contributed by atoms with Crippen LogP contribution in [-0.4, -0.2) is 58.3 Å². The molecule has 1 fully saturated rings. The summed E-state index contributed by atoms with van der Waals surface area (Å²) < 4.78 is 38.7. The Kier molecular flexibility index (Phi) is 6.83. The Morgan fingerprint density at radius 3 is 2.45 bits per heavy atom. The molecule has 31 heavy (non-hydrogen) atoms. The molecule has 0 atom stereocenters. The number of aromatic nitrogens is 1. The van der Waals surface area contributed by atoms with E-state index in [0.29, 0.717) is 18.9 Å². The maximum Gasteiger partial charge on any atom is 0.255 e. The molecule has 0 spiro atoms. The van der Waals surface area contributed by atoms with Crippen molar-refractivity contribution >= 4 is 27.4 Å². The van der Waals surface area contributed by atoms with Gasteiger partial charge in [0.2, 0.25) is 10.0 Å². The summed E-state index contributed by atoms with van der Waals surface area (Å²) in [5.74, 6) is 0.521. The Morgan fingerprint density at radius 1 is 1.16 bits per heavy atom. The Hall–Kier alpha value is -2.69. The molecule has 168 valence electrons. The van der Waals surface area contributed by atoms with E-state index in [1.165, 1.54) is 25.3 Å². The lowest BCUT2D eigenvalue weighted by Crippen LogP contribution is -2.40. The molecule has 0 aliphatic carbocycles. The quantitative estimate of drug-likeness (QED) is 0.697. The first kappa shape index (κ1) is 23.0. The number of pyridine rings is 1. The highest BCUT2D eigenvalue weighted by Crippen LogP contribution is 2.26. The zero-order valence-corrected chi connectivity index (χ0v) is 19.0. The lowest BCUT2D eigenvalue weighted by atomic mass is 10.1. The van der Waals surface area contributed by atoms with Gasteiger partial charge in [-0.2, -0.15) is 0 Å². The minimum absolute atomic E-state index is 0.0987. The van der Waals surface area contributed by atoms with Gasteiger partial charge in [-0.1, -0.05) is 0 Å². The maximum atomic E-state index is 12.8. The number of benzene rings is 1. The molecule has 1 saturated heterocycles. The standard InChI is InChI=1S/C21H28N4O5S/c1-21(2,3)24-31(27,28)18-13-15(5-7-17(18)29-4)20(26)23-16-6-8-19(22-14-16)25-9-11-30-12-10-25/h5-8,13-14,24H,9-12H2,1-4H3,(H,23,26). The van der Waals surface area contributed by atoms with Crippen molar-refractivity contribution < 1.29 is 22.7 Å². The molecule has 2 aromatic rings. The molecule has 2 N–H and O–H groups in total. The van der Waals surface area contributed by atoms with E-state index < -0.39 is 21.5 Å². The van der Waals surface area contributed by atoms with E-state index in [2.05, 4.69) is 19.9 Å². The van der Waals surface area contributed by atoms with Crippen LogP contribution in [0.1, 0.15) is 31.1 Å². The van der Waals surface area contributed by atoms with Gasteiger partial charge in [0.25, 0.3) is 5.91 Å². The van der Waals surface area contributed by atoms with Crippen molar-refractivity contribution in [1.82, 2.24) is 9.71 Å². The number of morpholine rings is 1. The number of amides is 1. The zero-order valence-electron chi connectivity index (χ0n) is 18.1. The summed E-state index contributed by atoms with van der Waals surface area (Å²) in [5.41, 5.74) is 0.0121. The SMILES string of the molecule is COc1ccc(C(=O)Nc2ccc(N3CCOCC3)nc2)cc1S(=O)(=O)NC(C)(C)C. The Morgan fingerprint density at radius 2 is 1.87 bits per heavy atom. The van der Waals surface area contributed by atoms with Gasteiger partial charge in [0, 0.05) is 24.2 Å². The minimum Gasteiger partial charge on any atom is -0.495 e. The molecular formula is C21H28N4O5S. The van der Waals surface area contributed by atoms with Gasteiger partial charge in [0.1, 0.15) is 16.5 Å². The fraction of sp³-hybridized carbons (Fsp3) is 0.429. The highest BCUT2D eigenvalue weighted by atomic mass is 32.2. The molecule has 10 heteroatoms. The van der Waals surface area contributed by atoms with E-state index in [1.807, 2.05) is 6.07 Å². The van der Waals surface area contributed by atoms with E-state index in [0.717, 1.165) is 18.9 Å². The topological polar surface area (TPSA) is 110 Å². The minimum atomic E-state index is -3.89. The van der Waals surface area contributed by atoms with Crippen LogP contribution in [0.4, 0.5) is 11.5 Å². The molecule has 0 saturated carbocycles. The Labute approximate surface area is 182 Å². The molecule has 1 aliphatic heterocycles. The maximum absolute atomic E-state index is 12.8. The summed E-state index contributed by atoms with van der Waals surface area (Å²) in [6.07, 6.45) is 1.57. The summed E-state index contributed by atoms with van der Waals surface area (Å²) in [4.78, 5) is 19.2. The largest absolute Gasteiger partial charge is 0.495 e. The van der Waals surface area contributed by atoms with Crippen LogP contribution in [0.5, 0.6) is 5.75 Å². The van der Waals surface area contributed by atoms with Crippen LogP contribution in [0.15, 0.2) is 41.4 Å². The lowest BCUT2D eigenvalue weighted by molar-refractivity contribution is 0.102. The molecule has 1 aliphatic rings. The second-order valence-electron chi connectivity index (χ2n) is 8.18. The fourth-order valence-electron chi connectivity index (χ4n) is 3.13.